The van der Waals surface area contributed by atoms with Crippen molar-refractivity contribution in [3.05, 3.63) is 23.5 Å². The van der Waals surface area contributed by atoms with Gasteiger partial charge < -0.3 is 4.74 Å². The molecule has 3 saturated carbocycles. The third-order valence-corrected chi connectivity index (χ3v) is 5.40. The molecule has 2 nitrogen and oxygen atoms in total. The summed E-state index contributed by atoms with van der Waals surface area (Å²) in [5, 5.41) is 0. The van der Waals surface area contributed by atoms with Crippen LogP contribution in [0.4, 0.5) is 0 Å². The molecule has 104 valence electrons. The first-order valence-electron chi connectivity index (χ1n) is 7.67. The zero-order valence-corrected chi connectivity index (χ0v) is 12.0. The number of Topliss-reactive ketones (excluding diaryl/α,β-unsaturated/α-hetero) is 1. The maximum atomic E-state index is 12.3. The van der Waals surface area contributed by atoms with Crippen molar-refractivity contribution in [1.29, 1.82) is 0 Å². The summed E-state index contributed by atoms with van der Waals surface area (Å²) in [5.41, 5.74) is 1.18. The Morgan fingerprint density at radius 1 is 1.26 bits per heavy atom. The molecule has 2 bridgehead atoms. The van der Waals surface area contributed by atoms with Crippen molar-refractivity contribution in [2.45, 2.75) is 46.0 Å². The van der Waals surface area contributed by atoms with Crippen molar-refractivity contribution >= 4 is 5.78 Å². The van der Waals surface area contributed by atoms with Crippen LogP contribution in [0.5, 0.6) is 0 Å². The van der Waals surface area contributed by atoms with Gasteiger partial charge in [0.05, 0.1) is 0 Å². The first-order chi connectivity index (χ1) is 9.13. The summed E-state index contributed by atoms with van der Waals surface area (Å²) in [6.45, 7) is 4.99. The van der Waals surface area contributed by atoms with Gasteiger partial charge in [0.15, 0.2) is 11.5 Å². The first-order valence-corrected chi connectivity index (χ1v) is 7.67. The normalized spacial score (nSPS) is 37.4. The Hall–Kier alpha value is -1.05. The standard InChI is InChI=1S/C17H24O2/c1-11-3-6-17(19-10-11)16(18)8-13-4-5-14-9-15(7-13)12(14)2/h3,6,12-15H,4-5,7-10H2,1-2H3. The zero-order chi connectivity index (χ0) is 13.4. The Morgan fingerprint density at radius 2 is 2.11 bits per heavy atom. The number of allylic oxidation sites excluding steroid dienone is 3. The Bertz CT molecular complexity index is 433. The van der Waals surface area contributed by atoms with Crippen molar-refractivity contribution in [3.8, 4) is 0 Å². The topological polar surface area (TPSA) is 26.3 Å². The molecule has 4 aliphatic rings. The molecule has 4 atom stereocenters. The molecule has 0 aromatic carbocycles. The lowest BCUT2D eigenvalue weighted by molar-refractivity contribution is -0.119. The SMILES string of the molecule is CC1=CC=C(C(=O)CC2CCC3CC(C2)C3C)OC1. The van der Waals surface area contributed by atoms with Crippen LogP contribution in [0.2, 0.25) is 0 Å². The summed E-state index contributed by atoms with van der Waals surface area (Å²) in [6, 6.07) is 0. The molecule has 4 unspecified atom stereocenters. The number of ketones is 1. The molecule has 0 aromatic rings. The van der Waals surface area contributed by atoms with E-state index in [2.05, 4.69) is 6.92 Å². The molecule has 1 heterocycles. The highest BCUT2D eigenvalue weighted by atomic mass is 16.5. The molecule has 2 heteroatoms. The van der Waals surface area contributed by atoms with Gasteiger partial charge in [0, 0.05) is 6.42 Å². The number of hydrogen-bond acceptors (Lipinski definition) is 2. The predicted molar refractivity (Wildman–Crippen MR) is 75.5 cm³/mol. The van der Waals surface area contributed by atoms with Gasteiger partial charge in [0.25, 0.3) is 0 Å². The van der Waals surface area contributed by atoms with Gasteiger partial charge in [0.1, 0.15) is 6.61 Å². The van der Waals surface area contributed by atoms with Gasteiger partial charge in [-0.05, 0) is 67.9 Å². The fourth-order valence-corrected chi connectivity index (χ4v) is 3.92. The van der Waals surface area contributed by atoms with E-state index in [1.807, 2.05) is 19.1 Å². The van der Waals surface area contributed by atoms with Gasteiger partial charge in [-0.25, -0.2) is 0 Å². The van der Waals surface area contributed by atoms with E-state index in [0.717, 1.165) is 17.8 Å². The summed E-state index contributed by atoms with van der Waals surface area (Å²) in [4.78, 5) is 12.3. The molecule has 3 aliphatic carbocycles. The quantitative estimate of drug-likeness (QED) is 0.769. The van der Waals surface area contributed by atoms with E-state index in [0.29, 0.717) is 24.7 Å². The minimum absolute atomic E-state index is 0.209. The van der Waals surface area contributed by atoms with Crippen molar-refractivity contribution in [2.75, 3.05) is 6.61 Å². The van der Waals surface area contributed by atoms with E-state index in [-0.39, 0.29) is 5.78 Å². The van der Waals surface area contributed by atoms with Crippen molar-refractivity contribution in [1.82, 2.24) is 0 Å². The van der Waals surface area contributed by atoms with E-state index < -0.39 is 0 Å². The second-order valence-electron chi connectivity index (χ2n) is 6.75. The number of fused-ring (bicyclic) bond motifs is 3. The molecular formula is C17H24O2. The molecule has 0 spiro atoms. The minimum atomic E-state index is 0.209. The summed E-state index contributed by atoms with van der Waals surface area (Å²) in [5.74, 6) is 4.10. The molecule has 0 aromatic heterocycles. The lowest BCUT2D eigenvalue weighted by atomic mass is 9.65. The monoisotopic (exact) mass is 260 g/mol. The molecule has 0 amide bonds. The van der Waals surface area contributed by atoms with E-state index in [1.54, 1.807) is 0 Å². The lowest BCUT2D eigenvalue weighted by Crippen LogP contribution is -2.32. The average Bonchev–Trinajstić information content (AvgIpc) is 2.70. The highest BCUT2D eigenvalue weighted by Gasteiger charge is 2.41. The Morgan fingerprint density at radius 3 is 2.79 bits per heavy atom. The van der Waals surface area contributed by atoms with Crippen LogP contribution in [0.15, 0.2) is 23.5 Å². The van der Waals surface area contributed by atoms with Crippen LogP contribution in [-0.4, -0.2) is 12.4 Å². The van der Waals surface area contributed by atoms with Gasteiger partial charge in [-0.2, -0.15) is 0 Å². The molecular weight excluding hydrogens is 236 g/mol. The molecule has 3 fully saturated rings. The van der Waals surface area contributed by atoms with E-state index >= 15 is 0 Å². The summed E-state index contributed by atoms with van der Waals surface area (Å²) in [6.07, 6.45) is 9.77. The number of ether oxygens (including phenoxy) is 1. The molecule has 19 heavy (non-hydrogen) atoms. The van der Waals surface area contributed by atoms with Crippen molar-refractivity contribution in [3.63, 3.8) is 0 Å². The maximum Gasteiger partial charge on any atom is 0.197 e. The van der Waals surface area contributed by atoms with Gasteiger partial charge in [0.2, 0.25) is 0 Å². The average molecular weight is 260 g/mol. The summed E-state index contributed by atoms with van der Waals surface area (Å²) >= 11 is 0. The lowest BCUT2D eigenvalue weighted by Gasteiger charge is -2.41. The second kappa shape index (κ2) is 5.15. The predicted octanol–water partition coefficient (Wildman–Crippen LogP) is 3.88. The van der Waals surface area contributed by atoms with Crippen LogP contribution >= 0.6 is 0 Å². The van der Waals surface area contributed by atoms with E-state index in [1.165, 1.54) is 31.3 Å². The van der Waals surface area contributed by atoms with Crippen molar-refractivity contribution in [2.24, 2.45) is 23.7 Å². The Labute approximate surface area is 115 Å². The van der Waals surface area contributed by atoms with Crippen LogP contribution in [0.3, 0.4) is 0 Å². The Balaban J connectivity index is 1.58. The van der Waals surface area contributed by atoms with Crippen LogP contribution in [0.1, 0.15) is 46.0 Å². The molecule has 0 N–H and O–H groups in total. The van der Waals surface area contributed by atoms with Gasteiger partial charge in [-0.1, -0.05) is 13.0 Å². The molecule has 0 radical (unpaired) electrons. The van der Waals surface area contributed by atoms with Gasteiger partial charge >= 0.3 is 0 Å². The molecule has 4 rings (SSSR count). The fraction of sp³-hybridized carbons (Fsp3) is 0.706. The van der Waals surface area contributed by atoms with E-state index in [9.17, 15) is 4.79 Å². The van der Waals surface area contributed by atoms with Gasteiger partial charge in [-0.3, -0.25) is 4.79 Å². The number of hydrogen-bond donors (Lipinski definition) is 0. The smallest absolute Gasteiger partial charge is 0.197 e. The van der Waals surface area contributed by atoms with Crippen molar-refractivity contribution < 1.29 is 9.53 Å². The number of carbonyl (C=O) groups is 1. The minimum Gasteiger partial charge on any atom is -0.486 e. The van der Waals surface area contributed by atoms with E-state index in [4.69, 9.17) is 4.74 Å². The summed E-state index contributed by atoms with van der Waals surface area (Å²) < 4.78 is 5.53. The largest absolute Gasteiger partial charge is 0.486 e. The molecule has 1 aliphatic heterocycles. The highest BCUT2D eigenvalue weighted by Crippen LogP contribution is 2.50. The van der Waals surface area contributed by atoms with Crippen LogP contribution in [-0.2, 0) is 9.53 Å². The maximum absolute atomic E-state index is 12.3. The number of rotatable bonds is 3. The second-order valence-corrected chi connectivity index (χ2v) is 6.75. The summed E-state index contributed by atoms with van der Waals surface area (Å²) in [7, 11) is 0. The van der Waals surface area contributed by atoms with Crippen LogP contribution < -0.4 is 0 Å². The first kappa shape index (κ1) is 13.0. The highest BCUT2D eigenvalue weighted by molar-refractivity contribution is 5.94. The van der Waals surface area contributed by atoms with Crippen LogP contribution in [0.25, 0.3) is 0 Å². The number of carbonyl (C=O) groups excluding carboxylic acids is 1. The third kappa shape index (κ3) is 2.63. The Kier molecular flexibility index (Phi) is 3.51. The van der Waals surface area contributed by atoms with Crippen LogP contribution in [0, 0.1) is 23.7 Å². The molecule has 0 saturated heterocycles. The fourth-order valence-electron chi connectivity index (χ4n) is 3.92. The zero-order valence-electron chi connectivity index (χ0n) is 12.0. The third-order valence-electron chi connectivity index (χ3n) is 5.40. The van der Waals surface area contributed by atoms with Gasteiger partial charge in [-0.15, -0.1) is 0 Å².